The van der Waals surface area contributed by atoms with Gasteiger partial charge < -0.3 is 10.5 Å². The summed E-state index contributed by atoms with van der Waals surface area (Å²) in [5.41, 5.74) is 4.45. The molecule has 100 valence electrons. The number of carbonyl (C=O) groups is 1. The Morgan fingerprint density at radius 2 is 2.28 bits per heavy atom. The van der Waals surface area contributed by atoms with Gasteiger partial charge in [0.2, 0.25) is 0 Å². The zero-order chi connectivity index (χ0) is 13.2. The molecule has 0 aromatic carbocycles. The molecule has 0 radical (unpaired) electrons. The second kappa shape index (κ2) is 4.91. The summed E-state index contributed by atoms with van der Waals surface area (Å²) in [6, 6.07) is 0. The van der Waals surface area contributed by atoms with Crippen molar-refractivity contribution in [2.75, 3.05) is 0 Å². The fourth-order valence-electron chi connectivity index (χ4n) is 1.82. The second-order valence-electron chi connectivity index (χ2n) is 5.30. The Kier molecular flexibility index (Phi) is 3.49. The molecule has 1 saturated carbocycles. The van der Waals surface area contributed by atoms with Gasteiger partial charge in [-0.25, -0.2) is 4.79 Å². The Morgan fingerprint density at radius 1 is 1.56 bits per heavy atom. The average Bonchev–Trinajstić information content (AvgIpc) is 2.98. The molecule has 7 nitrogen and oxygen atoms in total. The number of hydrogen-bond acceptors (Lipinski definition) is 5. The monoisotopic (exact) mass is 253 g/mol. The molecule has 1 aromatic heterocycles. The third-order valence-corrected chi connectivity index (χ3v) is 2.92. The molecule has 0 saturated heterocycles. The Morgan fingerprint density at radius 3 is 2.89 bits per heavy atom. The van der Waals surface area contributed by atoms with Gasteiger partial charge >= 0.3 is 6.09 Å². The first-order valence-corrected chi connectivity index (χ1v) is 6.22. The molecule has 0 spiro atoms. The van der Waals surface area contributed by atoms with Gasteiger partial charge in [0, 0.05) is 5.92 Å². The van der Waals surface area contributed by atoms with Crippen LogP contribution in [0.1, 0.15) is 51.3 Å². The van der Waals surface area contributed by atoms with E-state index < -0.39 is 11.7 Å². The molecule has 2 N–H and O–H groups in total. The number of nitrogens with zero attached hydrogens (tertiary/aromatic N) is 4. The predicted molar refractivity (Wildman–Crippen MR) is 63.8 cm³/mol. The van der Waals surface area contributed by atoms with Gasteiger partial charge in [-0.3, -0.25) is 0 Å². The number of amides is 1. The van der Waals surface area contributed by atoms with E-state index in [0.717, 1.165) is 12.2 Å². The van der Waals surface area contributed by atoms with E-state index in [2.05, 4.69) is 15.4 Å². The van der Waals surface area contributed by atoms with Gasteiger partial charge in [-0.05, 0) is 44.7 Å². The van der Waals surface area contributed by atoms with Crippen LogP contribution in [-0.2, 0) is 11.3 Å². The first-order chi connectivity index (χ1) is 8.46. The van der Waals surface area contributed by atoms with Gasteiger partial charge in [-0.1, -0.05) is 0 Å². The van der Waals surface area contributed by atoms with E-state index in [9.17, 15) is 4.79 Å². The molecule has 0 atom stereocenters. The van der Waals surface area contributed by atoms with Crippen LogP contribution >= 0.6 is 0 Å². The van der Waals surface area contributed by atoms with Crippen molar-refractivity contribution in [1.82, 2.24) is 20.2 Å². The van der Waals surface area contributed by atoms with Crippen LogP contribution in [0.25, 0.3) is 0 Å². The standard InChI is InChI=1S/C11H19N5O2/c1-11(2,18-10(12)17)6-3-7-16-14-9(13-15-16)8-4-5-8/h8H,3-7H2,1-2H3,(H2,12,17). The zero-order valence-electron chi connectivity index (χ0n) is 10.8. The van der Waals surface area contributed by atoms with Crippen molar-refractivity contribution in [3.05, 3.63) is 5.82 Å². The molecular formula is C11H19N5O2. The largest absolute Gasteiger partial charge is 0.444 e. The van der Waals surface area contributed by atoms with E-state index in [1.807, 2.05) is 13.8 Å². The summed E-state index contributed by atoms with van der Waals surface area (Å²) in [7, 11) is 0. The van der Waals surface area contributed by atoms with Crippen LogP contribution in [-0.4, -0.2) is 31.9 Å². The maximum atomic E-state index is 10.7. The van der Waals surface area contributed by atoms with Crippen molar-refractivity contribution in [3.63, 3.8) is 0 Å². The number of rotatable bonds is 6. The van der Waals surface area contributed by atoms with Crippen molar-refractivity contribution in [1.29, 1.82) is 0 Å². The Labute approximate surface area is 106 Å². The van der Waals surface area contributed by atoms with Crippen LogP contribution in [0, 0.1) is 0 Å². The molecule has 2 rings (SSSR count). The number of aromatic nitrogens is 4. The number of nitrogens with two attached hydrogens (primary N) is 1. The quantitative estimate of drug-likeness (QED) is 0.821. The van der Waals surface area contributed by atoms with Crippen molar-refractivity contribution in [2.24, 2.45) is 5.73 Å². The van der Waals surface area contributed by atoms with E-state index in [-0.39, 0.29) is 0 Å². The normalized spacial score (nSPS) is 15.7. The Balaban J connectivity index is 1.75. The number of carbonyl (C=O) groups excluding carboxylic acids is 1. The van der Waals surface area contributed by atoms with Gasteiger partial charge in [0.1, 0.15) is 5.60 Å². The number of primary amides is 1. The summed E-state index contributed by atoms with van der Waals surface area (Å²) in [5, 5.41) is 12.3. The summed E-state index contributed by atoms with van der Waals surface area (Å²) in [5.74, 6) is 1.37. The van der Waals surface area contributed by atoms with Crippen molar-refractivity contribution in [2.45, 2.75) is 57.6 Å². The van der Waals surface area contributed by atoms with E-state index in [1.54, 1.807) is 4.80 Å². The lowest BCUT2D eigenvalue weighted by molar-refractivity contribution is 0.0364. The summed E-state index contributed by atoms with van der Waals surface area (Å²) >= 11 is 0. The molecule has 1 aliphatic rings. The number of hydrogen-bond donors (Lipinski definition) is 1. The van der Waals surface area contributed by atoms with Crippen LogP contribution in [0.5, 0.6) is 0 Å². The maximum Gasteiger partial charge on any atom is 0.405 e. The van der Waals surface area contributed by atoms with Gasteiger partial charge in [0.05, 0.1) is 6.54 Å². The molecule has 7 heteroatoms. The van der Waals surface area contributed by atoms with Crippen molar-refractivity contribution < 1.29 is 9.53 Å². The predicted octanol–water partition coefficient (Wildman–Crippen LogP) is 1.20. The smallest absolute Gasteiger partial charge is 0.405 e. The highest BCUT2D eigenvalue weighted by molar-refractivity contribution is 5.65. The molecule has 0 aliphatic heterocycles. The molecule has 1 aromatic rings. The number of aryl methyl sites for hydroxylation is 1. The first kappa shape index (κ1) is 12.8. The van der Waals surface area contributed by atoms with Crippen LogP contribution in [0.15, 0.2) is 0 Å². The third-order valence-electron chi connectivity index (χ3n) is 2.92. The van der Waals surface area contributed by atoms with Gasteiger partial charge in [-0.2, -0.15) is 4.80 Å². The summed E-state index contributed by atoms with van der Waals surface area (Å²) < 4.78 is 5.00. The minimum atomic E-state index is -0.741. The zero-order valence-corrected chi connectivity index (χ0v) is 10.8. The molecule has 1 amide bonds. The van der Waals surface area contributed by atoms with E-state index >= 15 is 0 Å². The van der Waals surface area contributed by atoms with E-state index in [0.29, 0.717) is 18.9 Å². The summed E-state index contributed by atoms with van der Waals surface area (Å²) in [6.45, 7) is 4.34. The van der Waals surface area contributed by atoms with E-state index in [1.165, 1.54) is 12.8 Å². The summed E-state index contributed by atoms with van der Waals surface area (Å²) in [4.78, 5) is 12.3. The number of tetrazole rings is 1. The lowest BCUT2D eigenvalue weighted by Crippen LogP contribution is -2.31. The SMILES string of the molecule is CC(C)(CCCn1nnc(C2CC2)n1)OC(N)=O. The van der Waals surface area contributed by atoms with Gasteiger partial charge in [0.25, 0.3) is 0 Å². The summed E-state index contributed by atoms with van der Waals surface area (Å²) in [6.07, 6.45) is 3.11. The molecule has 0 unspecified atom stereocenters. The van der Waals surface area contributed by atoms with Crippen LogP contribution in [0.2, 0.25) is 0 Å². The minimum Gasteiger partial charge on any atom is -0.444 e. The molecule has 1 fully saturated rings. The lowest BCUT2D eigenvalue weighted by Gasteiger charge is -2.23. The van der Waals surface area contributed by atoms with E-state index in [4.69, 9.17) is 10.5 Å². The minimum absolute atomic E-state index is 0.522. The highest BCUT2D eigenvalue weighted by Gasteiger charge is 2.28. The first-order valence-electron chi connectivity index (χ1n) is 6.22. The van der Waals surface area contributed by atoms with Crippen LogP contribution < -0.4 is 5.73 Å². The highest BCUT2D eigenvalue weighted by Crippen LogP contribution is 2.37. The lowest BCUT2D eigenvalue weighted by atomic mass is 10.0. The fourth-order valence-corrected chi connectivity index (χ4v) is 1.82. The third kappa shape index (κ3) is 3.68. The molecule has 0 bridgehead atoms. The van der Waals surface area contributed by atoms with Crippen LogP contribution in [0.3, 0.4) is 0 Å². The van der Waals surface area contributed by atoms with Crippen molar-refractivity contribution >= 4 is 6.09 Å². The molecular weight excluding hydrogens is 234 g/mol. The highest BCUT2D eigenvalue weighted by atomic mass is 16.6. The Bertz CT molecular complexity index is 425. The van der Waals surface area contributed by atoms with Gasteiger partial charge in [0.15, 0.2) is 5.82 Å². The second-order valence-corrected chi connectivity index (χ2v) is 5.30. The molecule has 18 heavy (non-hydrogen) atoms. The topological polar surface area (TPSA) is 95.9 Å². The fraction of sp³-hybridized carbons (Fsp3) is 0.818. The maximum absolute atomic E-state index is 10.7. The van der Waals surface area contributed by atoms with Crippen LogP contribution in [0.4, 0.5) is 4.79 Å². The average molecular weight is 253 g/mol. The Hall–Kier alpha value is -1.66. The number of ether oxygens (including phenoxy) is 1. The molecule has 1 aliphatic carbocycles. The molecule has 1 heterocycles. The van der Waals surface area contributed by atoms with Gasteiger partial charge in [-0.15, -0.1) is 10.2 Å². The van der Waals surface area contributed by atoms with Crippen molar-refractivity contribution in [3.8, 4) is 0 Å².